The number of aromatic hydroxyl groups is 1. The van der Waals surface area contributed by atoms with Crippen molar-refractivity contribution in [3.8, 4) is 17.3 Å². The van der Waals surface area contributed by atoms with Crippen LogP contribution in [0.25, 0.3) is 22.3 Å². The summed E-state index contributed by atoms with van der Waals surface area (Å²) in [5.74, 6) is -0.864. The van der Waals surface area contributed by atoms with Gasteiger partial charge in [-0.2, -0.15) is 0 Å². The first-order valence-corrected chi connectivity index (χ1v) is 13.4. The molecule has 0 saturated heterocycles. The molecule has 3 aromatic heterocycles. The van der Waals surface area contributed by atoms with Crippen molar-refractivity contribution in [2.75, 3.05) is 5.32 Å². The van der Waals surface area contributed by atoms with Gasteiger partial charge in [-0.15, -0.1) is 0 Å². The van der Waals surface area contributed by atoms with E-state index in [1.807, 2.05) is 22.6 Å². The molecule has 5 aromatic rings. The van der Waals surface area contributed by atoms with Gasteiger partial charge in [0.2, 0.25) is 5.88 Å². The molecule has 0 atom stereocenters. The summed E-state index contributed by atoms with van der Waals surface area (Å²) in [6.45, 7) is 1.52. The van der Waals surface area contributed by atoms with Gasteiger partial charge in [-0.1, -0.05) is 6.07 Å². The standard InChI is InChI=1S/C27H22FIN6O5/c1-13-22-21(23(32(2)24(13)37)30-19-9-6-14(29)10-18(19)28)25(38)35(15-7-8-15)27(40)34(22)17-5-3-4-16(11-17)33-12-20(36)31-26(33)39/h3-6,9-12,15,30,36H,7-8H2,1-2H3,(H,31,39). The summed E-state index contributed by atoms with van der Waals surface area (Å²) in [6, 6.07) is 10.6. The minimum Gasteiger partial charge on any atom is -0.493 e. The van der Waals surface area contributed by atoms with E-state index in [-0.39, 0.29) is 45.6 Å². The Morgan fingerprint density at radius 2 is 1.77 bits per heavy atom. The third-order valence-electron chi connectivity index (χ3n) is 7.01. The summed E-state index contributed by atoms with van der Waals surface area (Å²) >= 11 is 1.98. The molecule has 0 radical (unpaired) electrons. The average Bonchev–Trinajstić information content (AvgIpc) is 3.68. The number of H-pyrrole nitrogens is 1. The monoisotopic (exact) mass is 656 g/mol. The minimum absolute atomic E-state index is 0.0433. The van der Waals surface area contributed by atoms with Crippen molar-refractivity contribution in [2.24, 2.45) is 7.05 Å². The number of benzene rings is 2. The zero-order valence-electron chi connectivity index (χ0n) is 21.2. The third kappa shape index (κ3) is 4.08. The second-order valence-corrected chi connectivity index (χ2v) is 10.9. The number of hydrogen-bond donors (Lipinski definition) is 3. The normalized spacial score (nSPS) is 13.2. The van der Waals surface area contributed by atoms with Gasteiger partial charge in [0.05, 0.1) is 28.8 Å². The summed E-state index contributed by atoms with van der Waals surface area (Å²) in [6.07, 6.45) is 2.47. The lowest BCUT2D eigenvalue weighted by Gasteiger charge is -2.21. The number of nitrogens with one attached hydrogen (secondary N) is 2. The van der Waals surface area contributed by atoms with E-state index in [1.165, 1.54) is 50.6 Å². The van der Waals surface area contributed by atoms with Crippen LogP contribution in [0.2, 0.25) is 0 Å². The van der Waals surface area contributed by atoms with Crippen LogP contribution in [0.4, 0.5) is 15.9 Å². The molecule has 0 spiro atoms. The average molecular weight is 656 g/mol. The van der Waals surface area contributed by atoms with E-state index < -0.39 is 28.3 Å². The summed E-state index contributed by atoms with van der Waals surface area (Å²) in [5, 5.41) is 12.7. The third-order valence-corrected chi connectivity index (χ3v) is 7.68. The van der Waals surface area contributed by atoms with Gasteiger partial charge < -0.3 is 10.4 Å². The highest BCUT2D eigenvalue weighted by Crippen LogP contribution is 2.34. The molecule has 0 aliphatic heterocycles. The van der Waals surface area contributed by atoms with Crippen LogP contribution in [-0.4, -0.2) is 28.4 Å². The first-order valence-electron chi connectivity index (χ1n) is 12.3. The molecule has 40 heavy (non-hydrogen) atoms. The number of anilines is 2. The molecule has 13 heteroatoms. The van der Waals surface area contributed by atoms with E-state index in [0.29, 0.717) is 22.1 Å². The van der Waals surface area contributed by atoms with Gasteiger partial charge in [-0.05, 0) is 78.8 Å². The van der Waals surface area contributed by atoms with Gasteiger partial charge in [0.1, 0.15) is 17.0 Å². The number of nitrogens with zero attached hydrogens (tertiary/aromatic N) is 4. The van der Waals surface area contributed by atoms with Crippen molar-refractivity contribution in [1.82, 2.24) is 23.3 Å². The van der Waals surface area contributed by atoms with Crippen LogP contribution in [0, 0.1) is 16.3 Å². The van der Waals surface area contributed by atoms with Crippen LogP contribution in [0.1, 0.15) is 24.4 Å². The Hall–Kier alpha value is -4.40. The zero-order valence-corrected chi connectivity index (χ0v) is 23.4. The molecule has 3 heterocycles. The predicted octanol–water partition coefficient (Wildman–Crippen LogP) is 3.17. The summed E-state index contributed by atoms with van der Waals surface area (Å²) in [4.78, 5) is 55.9. The number of aromatic amines is 1. The summed E-state index contributed by atoms with van der Waals surface area (Å²) < 4.78 is 20.4. The molecule has 1 aliphatic carbocycles. The number of hydrogen-bond acceptors (Lipinski definition) is 6. The van der Waals surface area contributed by atoms with Crippen LogP contribution >= 0.6 is 22.6 Å². The topological polar surface area (TPSA) is 136 Å². The van der Waals surface area contributed by atoms with Gasteiger partial charge in [0.15, 0.2) is 0 Å². The van der Waals surface area contributed by atoms with Crippen molar-refractivity contribution in [1.29, 1.82) is 0 Å². The Balaban J connectivity index is 1.72. The van der Waals surface area contributed by atoms with Gasteiger partial charge in [-0.25, -0.2) is 14.0 Å². The van der Waals surface area contributed by atoms with Gasteiger partial charge in [0.25, 0.3) is 11.1 Å². The lowest BCUT2D eigenvalue weighted by atomic mass is 10.1. The molecular weight excluding hydrogens is 634 g/mol. The predicted molar refractivity (Wildman–Crippen MR) is 156 cm³/mol. The Bertz CT molecular complexity index is 2100. The minimum atomic E-state index is -0.635. The number of rotatable bonds is 5. The number of aryl methyl sites for hydroxylation is 1. The highest BCUT2D eigenvalue weighted by molar-refractivity contribution is 14.1. The molecule has 1 aliphatic rings. The van der Waals surface area contributed by atoms with Crippen LogP contribution in [0.15, 0.2) is 67.8 Å². The summed E-state index contributed by atoms with van der Waals surface area (Å²) in [7, 11) is 1.48. The van der Waals surface area contributed by atoms with E-state index in [0.717, 1.165) is 0 Å². The number of pyridine rings is 1. The van der Waals surface area contributed by atoms with Crippen molar-refractivity contribution < 1.29 is 9.50 Å². The van der Waals surface area contributed by atoms with E-state index >= 15 is 0 Å². The Morgan fingerprint density at radius 3 is 2.42 bits per heavy atom. The maximum Gasteiger partial charge on any atom is 0.336 e. The molecule has 0 bridgehead atoms. The van der Waals surface area contributed by atoms with Crippen LogP contribution < -0.4 is 27.8 Å². The number of aromatic nitrogens is 5. The quantitative estimate of drug-likeness (QED) is 0.249. The van der Waals surface area contributed by atoms with Crippen LogP contribution in [0.3, 0.4) is 0 Å². The van der Waals surface area contributed by atoms with E-state index in [1.54, 1.807) is 30.3 Å². The zero-order chi connectivity index (χ0) is 28.5. The molecule has 6 rings (SSSR count). The number of halogens is 2. The van der Waals surface area contributed by atoms with E-state index in [2.05, 4.69) is 10.3 Å². The molecule has 3 N–H and O–H groups in total. The van der Waals surface area contributed by atoms with Crippen molar-refractivity contribution >= 4 is 45.0 Å². The molecule has 0 unspecified atom stereocenters. The fourth-order valence-electron chi connectivity index (χ4n) is 4.93. The molecular formula is C27H22FIN6O5. The van der Waals surface area contributed by atoms with Crippen LogP contribution in [0.5, 0.6) is 5.88 Å². The van der Waals surface area contributed by atoms with Crippen molar-refractivity contribution in [3.63, 3.8) is 0 Å². The first-order chi connectivity index (χ1) is 19.1. The molecule has 204 valence electrons. The van der Waals surface area contributed by atoms with Crippen molar-refractivity contribution in [2.45, 2.75) is 25.8 Å². The SMILES string of the molecule is Cc1c(=O)n(C)c(Nc2ccc(I)cc2F)c2c(=O)n(C3CC3)c(=O)n(-c3cccc(-n4cc(O)[nH]c4=O)c3)c12. The van der Waals surface area contributed by atoms with Gasteiger partial charge in [0, 0.05) is 22.2 Å². The largest absolute Gasteiger partial charge is 0.493 e. The smallest absolute Gasteiger partial charge is 0.336 e. The second-order valence-electron chi connectivity index (χ2n) is 9.67. The lowest BCUT2D eigenvalue weighted by Crippen LogP contribution is -2.41. The lowest BCUT2D eigenvalue weighted by molar-refractivity contribution is 0.455. The Kier molecular flexibility index (Phi) is 6.05. The molecule has 2 aromatic carbocycles. The Labute approximate surface area is 237 Å². The first kappa shape index (κ1) is 25.9. The van der Waals surface area contributed by atoms with Gasteiger partial charge in [-0.3, -0.25) is 32.8 Å². The fourth-order valence-corrected chi connectivity index (χ4v) is 5.38. The molecule has 1 fully saturated rings. The number of imidazole rings is 1. The number of fused-ring (bicyclic) bond motifs is 1. The highest BCUT2D eigenvalue weighted by atomic mass is 127. The highest BCUT2D eigenvalue weighted by Gasteiger charge is 2.31. The molecule has 0 amide bonds. The van der Waals surface area contributed by atoms with E-state index in [9.17, 15) is 28.7 Å². The molecule has 11 nitrogen and oxygen atoms in total. The summed E-state index contributed by atoms with van der Waals surface area (Å²) in [5.41, 5.74) is -1.40. The van der Waals surface area contributed by atoms with Crippen LogP contribution in [-0.2, 0) is 7.05 Å². The Morgan fingerprint density at radius 1 is 1.05 bits per heavy atom. The molecule has 1 saturated carbocycles. The fraction of sp³-hybridized carbons (Fsp3) is 0.185. The van der Waals surface area contributed by atoms with Gasteiger partial charge >= 0.3 is 11.4 Å². The second kappa shape index (κ2) is 9.36. The van der Waals surface area contributed by atoms with Crippen molar-refractivity contribution in [3.05, 3.63) is 105 Å². The maximum absolute atomic E-state index is 14.9. The van der Waals surface area contributed by atoms with E-state index in [4.69, 9.17) is 0 Å². The maximum atomic E-state index is 14.9.